The Labute approximate surface area is 138 Å². The number of H-pyrrole nitrogens is 1. The van der Waals surface area contributed by atoms with Crippen LogP contribution in [-0.4, -0.2) is 21.6 Å². The van der Waals surface area contributed by atoms with Gasteiger partial charge in [0.15, 0.2) is 5.16 Å². The maximum absolute atomic E-state index is 12.6. The molecule has 0 bridgehead atoms. The molecule has 0 spiro atoms. The Morgan fingerprint density at radius 3 is 2.78 bits per heavy atom. The number of benzene rings is 1. The molecule has 120 valence electrons. The number of fused-ring (bicyclic) bond motifs is 1. The summed E-state index contributed by atoms with van der Waals surface area (Å²) in [5.41, 5.74) is 3.64. The Bertz CT molecular complexity index is 829. The molecule has 1 aromatic heterocycles. The summed E-state index contributed by atoms with van der Waals surface area (Å²) < 4.78 is 0. The highest BCUT2D eigenvalue weighted by molar-refractivity contribution is 7.99. The minimum Gasteiger partial charge on any atom is -0.310 e. The second kappa shape index (κ2) is 6.20. The van der Waals surface area contributed by atoms with Crippen LogP contribution in [0.5, 0.6) is 0 Å². The van der Waals surface area contributed by atoms with Crippen molar-refractivity contribution in [3.8, 4) is 0 Å². The van der Waals surface area contributed by atoms with Gasteiger partial charge in [-0.3, -0.25) is 9.59 Å². The minimum atomic E-state index is -0.253. The van der Waals surface area contributed by atoms with E-state index in [1.807, 2.05) is 32.9 Å². The smallest absolute Gasteiger partial charge is 0.257 e. The van der Waals surface area contributed by atoms with E-state index in [0.717, 1.165) is 22.4 Å². The molecule has 2 N–H and O–H groups in total. The van der Waals surface area contributed by atoms with Crippen LogP contribution in [0.2, 0.25) is 0 Å². The zero-order valence-corrected chi connectivity index (χ0v) is 14.2. The van der Waals surface area contributed by atoms with E-state index in [-0.39, 0.29) is 23.8 Å². The topological polar surface area (TPSA) is 74.8 Å². The largest absolute Gasteiger partial charge is 0.310 e. The standard InChI is InChI=1S/C17H19N3O2S/c1-4-23-17-19-15-14(16(22)20-17)12(8-13(21)18-15)11-6-5-9(2)7-10(11)3/h5-7,12H,4,8H2,1-3H3,(H2,18,19,20,21,22)/t12-/m1/s1. The molecule has 1 amide bonds. The van der Waals surface area contributed by atoms with Crippen LogP contribution >= 0.6 is 11.8 Å². The lowest BCUT2D eigenvalue weighted by atomic mass is 9.84. The zero-order chi connectivity index (χ0) is 16.6. The molecule has 1 atom stereocenters. The number of aryl methyl sites for hydroxylation is 2. The van der Waals surface area contributed by atoms with Gasteiger partial charge in [0, 0.05) is 12.3 Å². The molecule has 3 rings (SSSR count). The van der Waals surface area contributed by atoms with Crippen molar-refractivity contribution in [1.82, 2.24) is 9.97 Å². The van der Waals surface area contributed by atoms with Crippen LogP contribution in [-0.2, 0) is 4.79 Å². The molecule has 5 nitrogen and oxygen atoms in total. The number of hydrogen-bond donors (Lipinski definition) is 2. The van der Waals surface area contributed by atoms with Crippen molar-refractivity contribution < 1.29 is 4.79 Å². The first kappa shape index (κ1) is 15.8. The van der Waals surface area contributed by atoms with Crippen LogP contribution in [0.15, 0.2) is 28.2 Å². The van der Waals surface area contributed by atoms with E-state index in [0.29, 0.717) is 16.5 Å². The second-order valence-corrected chi connectivity index (χ2v) is 6.98. The van der Waals surface area contributed by atoms with E-state index in [9.17, 15) is 9.59 Å². The molecule has 2 heterocycles. The van der Waals surface area contributed by atoms with Crippen LogP contribution in [0, 0.1) is 13.8 Å². The first-order valence-corrected chi connectivity index (χ1v) is 8.62. The number of anilines is 1. The quantitative estimate of drug-likeness (QED) is 0.670. The lowest BCUT2D eigenvalue weighted by Crippen LogP contribution is -2.31. The molecule has 0 aliphatic carbocycles. The van der Waals surface area contributed by atoms with Crippen LogP contribution in [0.4, 0.5) is 5.82 Å². The van der Waals surface area contributed by atoms with Crippen molar-refractivity contribution in [3.63, 3.8) is 0 Å². The molecule has 23 heavy (non-hydrogen) atoms. The molecule has 2 aromatic rings. The highest BCUT2D eigenvalue weighted by Gasteiger charge is 2.31. The Hall–Kier alpha value is -2.08. The number of rotatable bonds is 3. The molecule has 1 aliphatic heterocycles. The lowest BCUT2D eigenvalue weighted by molar-refractivity contribution is -0.116. The van der Waals surface area contributed by atoms with Gasteiger partial charge in [0.05, 0.1) is 5.56 Å². The van der Waals surface area contributed by atoms with Crippen LogP contribution in [0.1, 0.15) is 41.5 Å². The fourth-order valence-electron chi connectivity index (χ4n) is 3.04. The van der Waals surface area contributed by atoms with Gasteiger partial charge >= 0.3 is 0 Å². The number of carbonyl (C=O) groups is 1. The molecule has 0 saturated heterocycles. The van der Waals surface area contributed by atoms with Gasteiger partial charge in [0.2, 0.25) is 5.91 Å². The van der Waals surface area contributed by atoms with E-state index in [1.54, 1.807) is 0 Å². The number of thioether (sulfide) groups is 1. The van der Waals surface area contributed by atoms with E-state index in [4.69, 9.17) is 0 Å². The summed E-state index contributed by atoms with van der Waals surface area (Å²) in [6.45, 7) is 6.03. The number of carbonyl (C=O) groups excluding carboxylic acids is 1. The summed E-state index contributed by atoms with van der Waals surface area (Å²) in [4.78, 5) is 31.9. The number of aromatic amines is 1. The van der Waals surface area contributed by atoms with Gasteiger partial charge in [-0.2, -0.15) is 0 Å². The lowest BCUT2D eigenvalue weighted by Gasteiger charge is -2.25. The van der Waals surface area contributed by atoms with Gasteiger partial charge in [0.1, 0.15) is 5.82 Å². The van der Waals surface area contributed by atoms with Crippen LogP contribution in [0.3, 0.4) is 0 Å². The molecule has 6 heteroatoms. The Morgan fingerprint density at radius 1 is 1.30 bits per heavy atom. The highest BCUT2D eigenvalue weighted by atomic mass is 32.2. The summed E-state index contributed by atoms with van der Waals surface area (Å²) in [6, 6.07) is 6.09. The van der Waals surface area contributed by atoms with Crippen molar-refractivity contribution in [1.29, 1.82) is 0 Å². The minimum absolute atomic E-state index is 0.104. The maximum Gasteiger partial charge on any atom is 0.257 e. The van der Waals surface area contributed by atoms with Crippen molar-refractivity contribution in [2.75, 3.05) is 11.1 Å². The van der Waals surface area contributed by atoms with Crippen molar-refractivity contribution in [3.05, 3.63) is 50.8 Å². The van der Waals surface area contributed by atoms with Crippen molar-refractivity contribution in [2.45, 2.75) is 38.3 Å². The second-order valence-electron chi connectivity index (χ2n) is 5.73. The van der Waals surface area contributed by atoms with Crippen LogP contribution in [0.25, 0.3) is 0 Å². The zero-order valence-electron chi connectivity index (χ0n) is 13.4. The number of hydrogen-bond acceptors (Lipinski definition) is 4. The maximum atomic E-state index is 12.6. The van der Waals surface area contributed by atoms with Gasteiger partial charge in [-0.1, -0.05) is 42.4 Å². The molecule has 0 radical (unpaired) electrons. The first-order chi connectivity index (χ1) is 11.0. The molecule has 0 fully saturated rings. The third kappa shape index (κ3) is 3.03. The molecular weight excluding hydrogens is 310 g/mol. The molecule has 1 aromatic carbocycles. The molecular formula is C17H19N3O2S. The summed E-state index contributed by atoms with van der Waals surface area (Å²) in [6.07, 6.45) is 0.266. The summed E-state index contributed by atoms with van der Waals surface area (Å²) in [5.74, 6) is 0.839. The predicted molar refractivity (Wildman–Crippen MR) is 92.3 cm³/mol. The van der Waals surface area contributed by atoms with E-state index >= 15 is 0 Å². The number of nitrogens with zero attached hydrogens (tertiary/aromatic N) is 1. The van der Waals surface area contributed by atoms with E-state index in [1.165, 1.54) is 11.8 Å². The average Bonchev–Trinajstić information content (AvgIpc) is 2.46. The van der Waals surface area contributed by atoms with Gasteiger partial charge in [-0.25, -0.2) is 4.98 Å². The number of amides is 1. The van der Waals surface area contributed by atoms with Crippen LogP contribution < -0.4 is 10.9 Å². The number of nitrogens with one attached hydrogen (secondary N) is 2. The summed E-state index contributed by atoms with van der Waals surface area (Å²) in [5, 5.41) is 3.29. The van der Waals surface area contributed by atoms with E-state index < -0.39 is 0 Å². The molecule has 0 unspecified atom stereocenters. The Kier molecular flexibility index (Phi) is 4.26. The normalized spacial score (nSPS) is 16.8. The summed E-state index contributed by atoms with van der Waals surface area (Å²) >= 11 is 1.45. The highest BCUT2D eigenvalue weighted by Crippen LogP contribution is 2.36. The first-order valence-electron chi connectivity index (χ1n) is 7.63. The summed E-state index contributed by atoms with van der Waals surface area (Å²) in [7, 11) is 0. The van der Waals surface area contributed by atoms with Gasteiger partial charge in [-0.15, -0.1) is 0 Å². The van der Waals surface area contributed by atoms with E-state index in [2.05, 4.69) is 21.4 Å². The number of aromatic nitrogens is 2. The van der Waals surface area contributed by atoms with Crippen molar-refractivity contribution in [2.24, 2.45) is 0 Å². The Balaban J connectivity index is 2.15. The monoisotopic (exact) mass is 329 g/mol. The molecule has 0 saturated carbocycles. The third-order valence-electron chi connectivity index (χ3n) is 4.01. The molecule has 1 aliphatic rings. The average molecular weight is 329 g/mol. The Morgan fingerprint density at radius 2 is 2.09 bits per heavy atom. The SMILES string of the molecule is CCSc1nc2c(c(=O)[nH]1)[C@@H](c1ccc(C)cc1C)CC(=O)N2. The van der Waals surface area contributed by atoms with Gasteiger partial charge in [-0.05, 0) is 30.7 Å². The predicted octanol–water partition coefficient (Wildman–Crippen LogP) is 2.97. The van der Waals surface area contributed by atoms with Gasteiger partial charge in [0.25, 0.3) is 5.56 Å². The fraction of sp³-hybridized carbons (Fsp3) is 0.353. The van der Waals surface area contributed by atoms with Gasteiger partial charge < -0.3 is 10.3 Å². The third-order valence-corrected chi connectivity index (χ3v) is 4.77. The fourth-order valence-corrected chi connectivity index (χ4v) is 3.63. The van der Waals surface area contributed by atoms with Crippen molar-refractivity contribution >= 4 is 23.5 Å².